The second-order valence-corrected chi connectivity index (χ2v) is 4.96. The summed E-state index contributed by atoms with van der Waals surface area (Å²) in [6, 6.07) is 0.664. The molecule has 1 rings (SSSR count). The van der Waals surface area contributed by atoms with Crippen molar-refractivity contribution in [1.29, 1.82) is 0 Å². The minimum absolute atomic E-state index is 0.276. The predicted molar refractivity (Wildman–Crippen MR) is 59.3 cm³/mol. The summed E-state index contributed by atoms with van der Waals surface area (Å²) >= 11 is 0. The fourth-order valence-electron chi connectivity index (χ4n) is 1.62. The van der Waals surface area contributed by atoms with Gasteiger partial charge in [0.05, 0.1) is 0 Å². The Morgan fingerprint density at radius 1 is 1.36 bits per heavy atom. The Labute approximate surface area is 87.4 Å². The molecule has 0 atom stereocenters. The third kappa shape index (κ3) is 4.40. The van der Waals surface area contributed by atoms with Gasteiger partial charge in [-0.15, -0.1) is 0 Å². The molecule has 0 unspecified atom stereocenters. The molecule has 0 aliphatic carbocycles. The minimum Gasteiger partial charge on any atom is -0.381 e. The molecule has 0 aromatic carbocycles. The second-order valence-electron chi connectivity index (χ2n) is 4.96. The van der Waals surface area contributed by atoms with Gasteiger partial charge in [-0.1, -0.05) is 13.8 Å². The summed E-state index contributed by atoms with van der Waals surface area (Å²) in [5.74, 6) is 0. The average molecular weight is 200 g/mol. The number of hydrogen-bond acceptors (Lipinski definition) is 3. The zero-order valence-corrected chi connectivity index (χ0v) is 9.51. The molecule has 0 aromatic rings. The highest BCUT2D eigenvalue weighted by molar-refractivity contribution is 4.74. The lowest BCUT2D eigenvalue weighted by molar-refractivity contribution is 0.0772. The first kappa shape index (κ1) is 12.0. The fraction of sp³-hybridized carbons (Fsp3) is 1.00. The first-order valence-electron chi connectivity index (χ1n) is 5.65. The van der Waals surface area contributed by atoms with Crippen LogP contribution in [0.2, 0.25) is 0 Å². The SMILES string of the molecule is CC(C)(CN)CCNC1CCOCC1. The van der Waals surface area contributed by atoms with Crippen molar-refractivity contribution in [3.8, 4) is 0 Å². The summed E-state index contributed by atoms with van der Waals surface area (Å²) in [6.07, 6.45) is 3.47. The molecule has 1 saturated heterocycles. The van der Waals surface area contributed by atoms with Crippen LogP contribution in [-0.4, -0.2) is 32.3 Å². The molecule has 3 heteroatoms. The molecule has 3 nitrogen and oxygen atoms in total. The number of hydrogen-bond donors (Lipinski definition) is 2. The van der Waals surface area contributed by atoms with Gasteiger partial charge in [0.15, 0.2) is 0 Å². The lowest BCUT2D eigenvalue weighted by Gasteiger charge is -2.27. The van der Waals surface area contributed by atoms with Gasteiger partial charge in [-0.2, -0.15) is 0 Å². The molecule has 0 amide bonds. The Balaban J connectivity index is 2.08. The van der Waals surface area contributed by atoms with Crippen LogP contribution >= 0.6 is 0 Å². The smallest absolute Gasteiger partial charge is 0.0480 e. The lowest BCUT2D eigenvalue weighted by atomic mass is 9.89. The lowest BCUT2D eigenvalue weighted by Crippen LogP contribution is -2.37. The molecule has 0 radical (unpaired) electrons. The fourth-order valence-corrected chi connectivity index (χ4v) is 1.62. The van der Waals surface area contributed by atoms with Crippen molar-refractivity contribution in [3.63, 3.8) is 0 Å². The van der Waals surface area contributed by atoms with E-state index in [1.165, 1.54) is 0 Å². The highest BCUT2D eigenvalue weighted by Gasteiger charge is 2.17. The molecule has 0 aromatic heterocycles. The Morgan fingerprint density at radius 2 is 2.00 bits per heavy atom. The van der Waals surface area contributed by atoms with E-state index in [1.54, 1.807) is 0 Å². The van der Waals surface area contributed by atoms with Gasteiger partial charge in [-0.05, 0) is 37.8 Å². The van der Waals surface area contributed by atoms with Crippen molar-refractivity contribution in [1.82, 2.24) is 5.32 Å². The van der Waals surface area contributed by atoms with Gasteiger partial charge in [0.25, 0.3) is 0 Å². The first-order valence-corrected chi connectivity index (χ1v) is 5.65. The average Bonchev–Trinajstić information content (AvgIpc) is 2.19. The molecule has 14 heavy (non-hydrogen) atoms. The van der Waals surface area contributed by atoms with Gasteiger partial charge >= 0.3 is 0 Å². The highest BCUT2D eigenvalue weighted by atomic mass is 16.5. The Bertz CT molecular complexity index is 153. The van der Waals surface area contributed by atoms with Crippen molar-refractivity contribution in [2.75, 3.05) is 26.3 Å². The van der Waals surface area contributed by atoms with Crippen LogP contribution in [0.5, 0.6) is 0 Å². The van der Waals surface area contributed by atoms with Gasteiger partial charge in [-0.25, -0.2) is 0 Å². The van der Waals surface area contributed by atoms with Crippen molar-refractivity contribution in [2.24, 2.45) is 11.1 Å². The summed E-state index contributed by atoms with van der Waals surface area (Å²) in [7, 11) is 0. The maximum Gasteiger partial charge on any atom is 0.0480 e. The van der Waals surface area contributed by atoms with Crippen LogP contribution in [0.4, 0.5) is 0 Å². The largest absolute Gasteiger partial charge is 0.381 e. The molecular weight excluding hydrogens is 176 g/mol. The first-order chi connectivity index (χ1) is 6.64. The third-order valence-electron chi connectivity index (χ3n) is 3.01. The number of ether oxygens (including phenoxy) is 1. The van der Waals surface area contributed by atoms with E-state index < -0.39 is 0 Å². The molecule has 0 saturated carbocycles. The van der Waals surface area contributed by atoms with E-state index in [9.17, 15) is 0 Å². The topological polar surface area (TPSA) is 47.3 Å². The van der Waals surface area contributed by atoms with E-state index in [4.69, 9.17) is 10.5 Å². The van der Waals surface area contributed by atoms with E-state index in [0.29, 0.717) is 6.04 Å². The van der Waals surface area contributed by atoms with Crippen LogP contribution in [0.1, 0.15) is 33.1 Å². The maximum absolute atomic E-state index is 5.68. The summed E-state index contributed by atoms with van der Waals surface area (Å²) in [4.78, 5) is 0. The monoisotopic (exact) mass is 200 g/mol. The van der Waals surface area contributed by atoms with Crippen LogP contribution in [0, 0.1) is 5.41 Å². The Hall–Kier alpha value is -0.120. The summed E-state index contributed by atoms with van der Waals surface area (Å²) < 4.78 is 5.31. The van der Waals surface area contributed by atoms with E-state index >= 15 is 0 Å². The van der Waals surface area contributed by atoms with Crippen molar-refractivity contribution < 1.29 is 4.74 Å². The molecule has 1 heterocycles. The maximum atomic E-state index is 5.68. The standard InChI is InChI=1S/C11H24N2O/c1-11(2,9-12)5-6-13-10-3-7-14-8-4-10/h10,13H,3-9,12H2,1-2H3. The quantitative estimate of drug-likeness (QED) is 0.699. The zero-order valence-electron chi connectivity index (χ0n) is 9.51. The van der Waals surface area contributed by atoms with Crippen LogP contribution in [0.15, 0.2) is 0 Å². The normalized spacial score (nSPS) is 19.9. The number of rotatable bonds is 5. The number of nitrogens with two attached hydrogens (primary N) is 1. The Morgan fingerprint density at radius 3 is 2.57 bits per heavy atom. The van der Waals surface area contributed by atoms with Crippen molar-refractivity contribution in [3.05, 3.63) is 0 Å². The second kappa shape index (κ2) is 5.69. The van der Waals surface area contributed by atoms with E-state index in [0.717, 1.165) is 45.6 Å². The molecule has 84 valence electrons. The van der Waals surface area contributed by atoms with Gasteiger partial charge in [0, 0.05) is 19.3 Å². The van der Waals surface area contributed by atoms with Crippen LogP contribution in [0.25, 0.3) is 0 Å². The predicted octanol–water partition coefficient (Wildman–Crippen LogP) is 1.13. The van der Waals surface area contributed by atoms with E-state index in [1.807, 2.05) is 0 Å². The Kier molecular flexibility index (Phi) is 4.85. The van der Waals surface area contributed by atoms with Gasteiger partial charge in [0.1, 0.15) is 0 Å². The molecule has 0 bridgehead atoms. The van der Waals surface area contributed by atoms with E-state index in [2.05, 4.69) is 19.2 Å². The van der Waals surface area contributed by atoms with Crippen LogP contribution < -0.4 is 11.1 Å². The molecule has 0 spiro atoms. The van der Waals surface area contributed by atoms with Crippen LogP contribution in [0.3, 0.4) is 0 Å². The third-order valence-corrected chi connectivity index (χ3v) is 3.01. The summed E-state index contributed by atoms with van der Waals surface area (Å²) in [5, 5.41) is 3.58. The van der Waals surface area contributed by atoms with Crippen molar-refractivity contribution >= 4 is 0 Å². The van der Waals surface area contributed by atoms with Gasteiger partial charge in [0.2, 0.25) is 0 Å². The molecule has 1 fully saturated rings. The summed E-state index contributed by atoms with van der Waals surface area (Å²) in [6.45, 7) is 8.12. The molecule has 1 aliphatic heterocycles. The van der Waals surface area contributed by atoms with Crippen LogP contribution in [-0.2, 0) is 4.74 Å². The summed E-state index contributed by atoms with van der Waals surface area (Å²) in [5.41, 5.74) is 5.95. The zero-order chi connectivity index (χ0) is 10.4. The minimum atomic E-state index is 0.276. The molecule has 3 N–H and O–H groups in total. The number of nitrogens with one attached hydrogen (secondary N) is 1. The van der Waals surface area contributed by atoms with Crippen molar-refractivity contribution in [2.45, 2.75) is 39.2 Å². The van der Waals surface area contributed by atoms with Gasteiger partial charge in [-0.3, -0.25) is 0 Å². The molecule has 1 aliphatic rings. The highest BCUT2D eigenvalue weighted by Crippen LogP contribution is 2.17. The molecular formula is C11H24N2O. The van der Waals surface area contributed by atoms with Gasteiger partial charge < -0.3 is 15.8 Å². The van der Waals surface area contributed by atoms with E-state index in [-0.39, 0.29) is 5.41 Å².